The van der Waals surface area contributed by atoms with E-state index >= 15 is 0 Å². The zero-order valence-corrected chi connectivity index (χ0v) is 14.8. The Morgan fingerprint density at radius 2 is 1.79 bits per heavy atom. The number of hydrogen-bond acceptors (Lipinski definition) is 4. The number of unbranched alkanes of at least 4 members (excludes halogenated alkanes) is 1. The third-order valence-electron chi connectivity index (χ3n) is 3.99. The summed E-state index contributed by atoms with van der Waals surface area (Å²) in [4.78, 5) is 16.5. The van der Waals surface area contributed by atoms with Gasteiger partial charge in [-0.05, 0) is 31.0 Å². The third-order valence-corrected chi connectivity index (χ3v) is 3.99. The molecule has 0 unspecified atom stereocenters. The highest BCUT2D eigenvalue weighted by Crippen LogP contribution is 2.12. The molecule has 1 heterocycles. The topological polar surface area (TPSA) is 49.3 Å². The van der Waals surface area contributed by atoms with Crippen LogP contribution in [0.4, 0.5) is 5.82 Å². The van der Waals surface area contributed by atoms with E-state index in [1.165, 1.54) is 0 Å². The van der Waals surface area contributed by atoms with Crippen molar-refractivity contribution in [3.8, 4) is 0 Å². The number of carbonyl (C=O) groups excluding carboxylic acids is 1. The fraction of sp³-hybridized carbons (Fsp3) is 0.421. The van der Waals surface area contributed by atoms with Crippen LogP contribution in [0.3, 0.4) is 0 Å². The fourth-order valence-corrected chi connectivity index (χ4v) is 2.45. The third kappa shape index (κ3) is 4.78. The first-order valence-electron chi connectivity index (χ1n) is 8.53. The number of anilines is 1. The SMILES string of the molecule is CCCCN(C)c1ccc(C(=O)N(CC)Cc2ccccc2)nn1. The summed E-state index contributed by atoms with van der Waals surface area (Å²) < 4.78 is 0. The Balaban J connectivity index is 2.04. The molecule has 0 saturated carbocycles. The van der Waals surface area contributed by atoms with E-state index in [1.807, 2.05) is 50.4 Å². The number of rotatable bonds is 8. The molecular weight excluding hydrogens is 300 g/mol. The van der Waals surface area contributed by atoms with Crippen molar-refractivity contribution >= 4 is 11.7 Å². The molecule has 1 aromatic heterocycles. The van der Waals surface area contributed by atoms with Gasteiger partial charge in [0.05, 0.1) is 0 Å². The lowest BCUT2D eigenvalue weighted by atomic mass is 10.2. The van der Waals surface area contributed by atoms with Crippen molar-refractivity contribution in [2.45, 2.75) is 33.2 Å². The molecule has 24 heavy (non-hydrogen) atoms. The first-order valence-corrected chi connectivity index (χ1v) is 8.53. The van der Waals surface area contributed by atoms with Gasteiger partial charge in [-0.3, -0.25) is 4.79 Å². The van der Waals surface area contributed by atoms with Crippen molar-refractivity contribution in [1.29, 1.82) is 0 Å². The van der Waals surface area contributed by atoms with Gasteiger partial charge in [-0.1, -0.05) is 43.7 Å². The molecule has 0 spiro atoms. The van der Waals surface area contributed by atoms with Gasteiger partial charge in [0.1, 0.15) is 0 Å². The fourth-order valence-electron chi connectivity index (χ4n) is 2.45. The molecule has 5 heteroatoms. The standard InChI is InChI=1S/C19H26N4O/c1-4-6-14-22(3)18-13-12-17(20-21-18)19(24)23(5-2)15-16-10-8-7-9-11-16/h7-13H,4-6,14-15H2,1-3H3. The summed E-state index contributed by atoms with van der Waals surface area (Å²) in [5.41, 5.74) is 1.50. The normalized spacial score (nSPS) is 10.5. The van der Waals surface area contributed by atoms with E-state index in [-0.39, 0.29) is 5.91 Å². The van der Waals surface area contributed by atoms with Crippen LogP contribution in [0.2, 0.25) is 0 Å². The second-order valence-corrected chi connectivity index (χ2v) is 5.86. The Morgan fingerprint density at radius 1 is 1.04 bits per heavy atom. The molecule has 1 aromatic carbocycles. The minimum Gasteiger partial charge on any atom is -0.358 e. The van der Waals surface area contributed by atoms with Crippen LogP contribution in [0.15, 0.2) is 42.5 Å². The first kappa shape index (κ1) is 17.9. The number of hydrogen-bond donors (Lipinski definition) is 0. The van der Waals surface area contributed by atoms with Crippen LogP contribution in [-0.4, -0.2) is 41.1 Å². The van der Waals surface area contributed by atoms with Crippen LogP contribution in [-0.2, 0) is 6.54 Å². The molecular formula is C19H26N4O. The first-order chi connectivity index (χ1) is 11.7. The lowest BCUT2D eigenvalue weighted by molar-refractivity contribution is 0.0745. The minimum absolute atomic E-state index is 0.0865. The zero-order valence-electron chi connectivity index (χ0n) is 14.8. The number of aromatic nitrogens is 2. The molecule has 0 aliphatic rings. The number of amides is 1. The summed E-state index contributed by atoms with van der Waals surface area (Å²) in [5.74, 6) is 0.711. The maximum absolute atomic E-state index is 12.6. The van der Waals surface area contributed by atoms with Gasteiger partial charge in [-0.15, -0.1) is 10.2 Å². The van der Waals surface area contributed by atoms with Crippen molar-refractivity contribution in [2.75, 3.05) is 25.0 Å². The van der Waals surface area contributed by atoms with Crippen LogP contribution in [0.1, 0.15) is 42.7 Å². The van der Waals surface area contributed by atoms with Gasteiger partial charge in [-0.25, -0.2) is 0 Å². The van der Waals surface area contributed by atoms with E-state index in [4.69, 9.17) is 0 Å². The highest BCUT2D eigenvalue weighted by Gasteiger charge is 2.17. The van der Waals surface area contributed by atoms with Crippen molar-refractivity contribution in [3.05, 3.63) is 53.7 Å². The zero-order chi connectivity index (χ0) is 17.4. The second-order valence-electron chi connectivity index (χ2n) is 5.86. The molecule has 0 aliphatic carbocycles. The highest BCUT2D eigenvalue weighted by molar-refractivity contribution is 5.92. The Bertz CT molecular complexity index is 628. The lowest BCUT2D eigenvalue weighted by Gasteiger charge is -2.21. The molecule has 0 fully saturated rings. The average Bonchev–Trinajstić information content (AvgIpc) is 2.64. The Hall–Kier alpha value is -2.43. The Kier molecular flexibility index (Phi) is 6.73. The van der Waals surface area contributed by atoms with Gasteiger partial charge in [-0.2, -0.15) is 0 Å². The van der Waals surface area contributed by atoms with Gasteiger partial charge < -0.3 is 9.80 Å². The number of benzene rings is 1. The lowest BCUT2D eigenvalue weighted by Crippen LogP contribution is -2.31. The molecule has 1 amide bonds. The monoisotopic (exact) mass is 326 g/mol. The maximum atomic E-state index is 12.6. The molecule has 0 atom stereocenters. The average molecular weight is 326 g/mol. The van der Waals surface area contributed by atoms with Crippen molar-refractivity contribution in [2.24, 2.45) is 0 Å². The van der Waals surface area contributed by atoms with E-state index in [0.29, 0.717) is 18.8 Å². The van der Waals surface area contributed by atoms with Crippen LogP contribution in [0.5, 0.6) is 0 Å². The summed E-state index contributed by atoms with van der Waals surface area (Å²) in [6.45, 7) is 6.28. The van der Waals surface area contributed by atoms with Crippen LogP contribution in [0, 0.1) is 0 Å². The molecule has 2 rings (SSSR count). The number of nitrogens with zero attached hydrogens (tertiary/aromatic N) is 4. The summed E-state index contributed by atoms with van der Waals surface area (Å²) in [5, 5.41) is 8.34. The highest BCUT2D eigenvalue weighted by atomic mass is 16.2. The minimum atomic E-state index is -0.0865. The summed E-state index contributed by atoms with van der Waals surface area (Å²) in [7, 11) is 1.99. The van der Waals surface area contributed by atoms with Gasteiger partial charge in [0.2, 0.25) is 0 Å². The molecule has 2 aromatic rings. The molecule has 0 aliphatic heterocycles. The van der Waals surface area contributed by atoms with E-state index < -0.39 is 0 Å². The van der Waals surface area contributed by atoms with Crippen LogP contribution < -0.4 is 4.90 Å². The van der Waals surface area contributed by atoms with Crippen LogP contribution in [0.25, 0.3) is 0 Å². The molecule has 0 bridgehead atoms. The van der Waals surface area contributed by atoms with Gasteiger partial charge in [0.25, 0.3) is 5.91 Å². The molecule has 0 N–H and O–H groups in total. The molecule has 0 saturated heterocycles. The summed E-state index contributed by atoms with van der Waals surface area (Å²) >= 11 is 0. The predicted molar refractivity (Wildman–Crippen MR) is 97.1 cm³/mol. The second kappa shape index (κ2) is 9.01. The molecule has 0 radical (unpaired) electrons. The number of carbonyl (C=O) groups is 1. The predicted octanol–water partition coefficient (Wildman–Crippen LogP) is 3.38. The van der Waals surface area contributed by atoms with E-state index in [1.54, 1.807) is 11.0 Å². The summed E-state index contributed by atoms with van der Waals surface area (Å²) in [6.07, 6.45) is 2.25. The van der Waals surface area contributed by atoms with Crippen molar-refractivity contribution in [3.63, 3.8) is 0 Å². The van der Waals surface area contributed by atoms with Gasteiger partial charge in [0, 0.05) is 26.7 Å². The van der Waals surface area contributed by atoms with Gasteiger partial charge in [0.15, 0.2) is 11.5 Å². The Labute approximate surface area is 144 Å². The maximum Gasteiger partial charge on any atom is 0.274 e. The van der Waals surface area contributed by atoms with Crippen molar-refractivity contribution in [1.82, 2.24) is 15.1 Å². The quantitative estimate of drug-likeness (QED) is 0.746. The van der Waals surface area contributed by atoms with Gasteiger partial charge >= 0.3 is 0 Å². The van der Waals surface area contributed by atoms with E-state index in [0.717, 1.165) is 30.8 Å². The molecule has 5 nitrogen and oxygen atoms in total. The Morgan fingerprint density at radius 3 is 2.38 bits per heavy atom. The molecule has 128 valence electrons. The van der Waals surface area contributed by atoms with Crippen molar-refractivity contribution < 1.29 is 4.79 Å². The van der Waals surface area contributed by atoms with E-state index in [9.17, 15) is 4.79 Å². The van der Waals surface area contributed by atoms with Crippen LogP contribution >= 0.6 is 0 Å². The van der Waals surface area contributed by atoms with E-state index in [2.05, 4.69) is 22.0 Å². The largest absolute Gasteiger partial charge is 0.358 e. The summed E-state index contributed by atoms with van der Waals surface area (Å²) in [6, 6.07) is 13.6. The smallest absolute Gasteiger partial charge is 0.274 e.